The Morgan fingerprint density at radius 1 is 0.731 bits per heavy atom. The lowest BCUT2D eigenvalue weighted by molar-refractivity contribution is -0.175. The third-order valence-corrected chi connectivity index (χ3v) is 7.36. The van der Waals surface area contributed by atoms with Crippen molar-refractivity contribution in [2.45, 2.75) is 90.3 Å². The van der Waals surface area contributed by atoms with Gasteiger partial charge in [0.15, 0.2) is 0 Å². The Bertz CT molecular complexity index is 557. The van der Waals surface area contributed by atoms with Gasteiger partial charge in [0, 0.05) is 0 Å². The fourth-order valence-electron chi connectivity index (χ4n) is 6.54. The van der Waals surface area contributed by atoms with Crippen molar-refractivity contribution in [3.63, 3.8) is 0 Å². The smallest absolute Gasteiger partial charge is 0.310 e. The molecule has 0 amide bonds. The normalized spacial score (nSPS) is 39.7. The third-order valence-electron chi connectivity index (χ3n) is 7.36. The monoisotopic (exact) mass is 362 g/mol. The summed E-state index contributed by atoms with van der Waals surface area (Å²) >= 11 is 0. The van der Waals surface area contributed by atoms with E-state index in [0.717, 1.165) is 32.1 Å². The molecule has 0 aromatic carbocycles. The van der Waals surface area contributed by atoms with Crippen LogP contribution in [0.25, 0.3) is 0 Å². The quantitative estimate of drug-likeness (QED) is 0.694. The summed E-state index contributed by atoms with van der Waals surface area (Å²) in [4.78, 5) is 26.2. The summed E-state index contributed by atoms with van der Waals surface area (Å²) < 4.78 is 11.7. The fraction of sp³-hybridized carbons (Fsp3) is 0.909. The second kappa shape index (κ2) is 6.83. The lowest BCUT2D eigenvalue weighted by Gasteiger charge is -2.37. The molecule has 26 heavy (non-hydrogen) atoms. The van der Waals surface area contributed by atoms with Gasteiger partial charge in [-0.15, -0.1) is 0 Å². The van der Waals surface area contributed by atoms with Gasteiger partial charge in [-0.1, -0.05) is 12.8 Å². The average molecular weight is 363 g/mol. The van der Waals surface area contributed by atoms with Crippen LogP contribution in [0.2, 0.25) is 0 Å². The first-order chi connectivity index (χ1) is 12.3. The first-order valence-corrected chi connectivity index (χ1v) is 10.8. The minimum atomic E-state index is -0.508. The molecule has 4 aliphatic carbocycles. The molecule has 0 heterocycles. The van der Waals surface area contributed by atoms with Gasteiger partial charge < -0.3 is 9.47 Å². The van der Waals surface area contributed by atoms with E-state index >= 15 is 0 Å². The molecule has 0 spiro atoms. The molecule has 4 aliphatic rings. The number of fused-ring (bicyclic) bond motifs is 5. The van der Waals surface area contributed by atoms with Gasteiger partial charge in [-0.25, -0.2) is 0 Å². The summed E-state index contributed by atoms with van der Waals surface area (Å²) in [5.41, 5.74) is -0.508. The van der Waals surface area contributed by atoms with Gasteiger partial charge in [0.25, 0.3) is 0 Å². The Labute approximate surface area is 157 Å². The molecule has 0 aromatic rings. The summed E-state index contributed by atoms with van der Waals surface area (Å²) in [5, 5.41) is 0. The Kier molecular flexibility index (Phi) is 4.81. The lowest BCUT2D eigenvalue weighted by Crippen LogP contribution is -2.44. The number of esters is 2. The van der Waals surface area contributed by atoms with E-state index in [4.69, 9.17) is 9.47 Å². The van der Waals surface area contributed by atoms with Gasteiger partial charge in [0.2, 0.25) is 0 Å². The van der Waals surface area contributed by atoms with Crippen molar-refractivity contribution in [3.8, 4) is 0 Å². The second-order valence-electron chi connectivity index (χ2n) is 10.1. The highest BCUT2D eigenvalue weighted by Gasteiger charge is 2.64. The van der Waals surface area contributed by atoms with Crippen LogP contribution in [0.4, 0.5) is 0 Å². The number of ether oxygens (including phenoxy) is 2. The highest BCUT2D eigenvalue weighted by Crippen LogP contribution is 2.64. The molecule has 0 aromatic heterocycles. The Morgan fingerprint density at radius 3 is 1.88 bits per heavy atom. The summed E-state index contributed by atoms with van der Waals surface area (Å²) in [6.07, 6.45) is 10.3. The molecule has 4 heteroatoms. The molecule has 0 saturated heterocycles. The number of carbonyl (C=O) groups is 2. The van der Waals surface area contributed by atoms with E-state index in [2.05, 4.69) is 0 Å². The van der Waals surface area contributed by atoms with E-state index in [0.29, 0.717) is 23.7 Å². The van der Waals surface area contributed by atoms with Gasteiger partial charge in [-0.2, -0.15) is 0 Å². The van der Waals surface area contributed by atoms with E-state index in [9.17, 15) is 9.59 Å². The van der Waals surface area contributed by atoms with E-state index < -0.39 is 5.60 Å². The molecule has 2 bridgehead atoms. The van der Waals surface area contributed by atoms with Gasteiger partial charge in [0.1, 0.15) is 11.7 Å². The van der Waals surface area contributed by atoms with E-state index in [-0.39, 0.29) is 29.9 Å². The maximum Gasteiger partial charge on any atom is 0.310 e. The maximum absolute atomic E-state index is 13.1. The van der Waals surface area contributed by atoms with E-state index in [1.54, 1.807) is 0 Å². The molecule has 0 N–H and O–H groups in total. The molecule has 0 aliphatic heterocycles. The molecule has 4 rings (SSSR count). The highest BCUT2D eigenvalue weighted by atomic mass is 16.6. The van der Waals surface area contributed by atoms with Crippen LogP contribution in [0.3, 0.4) is 0 Å². The zero-order valence-electron chi connectivity index (χ0n) is 16.5. The van der Waals surface area contributed by atoms with Crippen LogP contribution in [-0.2, 0) is 19.1 Å². The molecule has 0 radical (unpaired) electrons. The number of hydrogen-bond acceptors (Lipinski definition) is 4. The van der Waals surface area contributed by atoms with Crippen molar-refractivity contribution < 1.29 is 19.1 Å². The van der Waals surface area contributed by atoms with Crippen molar-refractivity contribution in [1.29, 1.82) is 0 Å². The van der Waals surface area contributed by atoms with E-state index in [1.165, 1.54) is 25.7 Å². The molecule has 6 atom stereocenters. The van der Waals surface area contributed by atoms with Crippen LogP contribution in [0.15, 0.2) is 0 Å². The predicted octanol–water partition coefficient (Wildman–Crippen LogP) is 4.50. The van der Waals surface area contributed by atoms with E-state index in [1.807, 2.05) is 20.8 Å². The zero-order valence-corrected chi connectivity index (χ0v) is 16.5. The fourth-order valence-corrected chi connectivity index (χ4v) is 6.54. The van der Waals surface area contributed by atoms with Crippen LogP contribution in [0.5, 0.6) is 0 Å². The molecule has 4 fully saturated rings. The third kappa shape index (κ3) is 3.29. The highest BCUT2D eigenvalue weighted by molar-refractivity contribution is 5.84. The predicted molar refractivity (Wildman–Crippen MR) is 98.2 cm³/mol. The van der Waals surface area contributed by atoms with Crippen molar-refractivity contribution >= 4 is 11.9 Å². The topological polar surface area (TPSA) is 52.6 Å². The van der Waals surface area contributed by atoms with Crippen LogP contribution in [0, 0.1) is 35.5 Å². The molecule has 4 saturated carbocycles. The Morgan fingerprint density at radius 2 is 1.31 bits per heavy atom. The summed E-state index contributed by atoms with van der Waals surface area (Å²) in [6, 6.07) is 0. The SMILES string of the molecule is CC(C)(C)OC(=O)C1C2CC(C3CCCC32)C1C(=O)OC1CCCCC1. The first kappa shape index (κ1) is 18.3. The minimum Gasteiger partial charge on any atom is -0.462 e. The number of hydrogen-bond donors (Lipinski definition) is 0. The van der Waals surface area contributed by atoms with Crippen LogP contribution in [0.1, 0.15) is 78.6 Å². The minimum absolute atomic E-state index is 0.0639. The van der Waals surface area contributed by atoms with Crippen LogP contribution < -0.4 is 0 Å². The van der Waals surface area contributed by atoms with Crippen molar-refractivity contribution in [3.05, 3.63) is 0 Å². The second-order valence-corrected chi connectivity index (χ2v) is 10.1. The maximum atomic E-state index is 13.1. The number of rotatable bonds is 3. The first-order valence-electron chi connectivity index (χ1n) is 10.8. The molecular weight excluding hydrogens is 328 g/mol. The summed E-state index contributed by atoms with van der Waals surface area (Å²) in [7, 11) is 0. The van der Waals surface area contributed by atoms with Crippen molar-refractivity contribution in [2.75, 3.05) is 0 Å². The number of carbonyl (C=O) groups excluding carboxylic acids is 2. The zero-order chi connectivity index (χ0) is 18.5. The molecular formula is C22H34O4. The standard InChI is InChI=1S/C22H34O4/c1-22(2,3)26-21(24)19-17-12-16(14-10-7-11-15(14)17)18(19)20(23)25-13-8-5-4-6-9-13/h13-19H,4-12H2,1-3H3. The van der Waals surface area contributed by atoms with Gasteiger partial charge in [-0.3, -0.25) is 9.59 Å². The van der Waals surface area contributed by atoms with Crippen LogP contribution in [-0.4, -0.2) is 23.6 Å². The summed E-state index contributed by atoms with van der Waals surface area (Å²) in [6.45, 7) is 5.73. The molecule has 6 unspecified atom stereocenters. The van der Waals surface area contributed by atoms with Crippen molar-refractivity contribution in [1.82, 2.24) is 0 Å². The lowest BCUT2D eigenvalue weighted by atomic mass is 9.69. The largest absolute Gasteiger partial charge is 0.462 e. The average Bonchev–Trinajstić information content (AvgIpc) is 3.25. The summed E-state index contributed by atoms with van der Waals surface area (Å²) in [5.74, 6) is 1.09. The van der Waals surface area contributed by atoms with Crippen molar-refractivity contribution in [2.24, 2.45) is 35.5 Å². The Balaban J connectivity index is 1.53. The van der Waals surface area contributed by atoms with Gasteiger partial charge in [0.05, 0.1) is 11.8 Å². The van der Waals surface area contributed by atoms with Gasteiger partial charge >= 0.3 is 11.9 Å². The molecule has 146 valence electrons. The molecule has 4 nitrogen and oxygen atoms in total. The van der Waals surface area contributed by atoms with Gasteiger partial charge in [-0.05, 0) is 89.4 Å². The van der Waals surface area contributed by atoms with Crippen LogP contribution >= 0.6 is 0 Å². The Hall–Kier alpha value is -1.06.